The molecule has 0 spiro atoms. The highest BCUT2D eigenvalue weighted by atomic mass is 32.1. The molecule has 0 saturated carbocycles. The molecule has 0 atom stereocenters. The molecule has 0 aliphatic carbocycles. The fourth-order valence-corrected chi connectivity index (χ4v) is 3.73. The number of hydrogen-bond acceptors (Lipinski definition) is 4. The van der Waals surface area contributed by atoms with Crippen LogP contribution >= 0.6 is 23.6 Å². The SMILES string of the molecule is CCCC(=O)NC(=S)Nc1ccc(-c2nc3ccc(C)cc3s2)cc1. The molecule has 3 rings (SSSR count). The van der Waals surface area contributed by atoms with Gasteiger partial charge in [-0.15, -0.1) is 11.3 Å². The number of hydrogen-bond donors (Lipinski definition) is 2. The Morgan fingerprint density at radius 3 is 2.68 bits per heavy atom. The van der Waals surface area contributed by atoms with Crippen LogP contribution in [0.25, 0.3) is 20.8 Å². The summed E-state index contributed by atoms with van der Waals surface area (Å²) >= 11 is 6.84. The number of aryl methyl sites for hydroxylation is 1. The van der Waals surface area contributed by atoms with Gasteiger partial charge in [-0.2, -0.15) is 0 Å². The Morgan fingerprint density at radius 2 is 1.96 bits per heavy atom. The smallest absolute Gasteiger partial charge is 0.226 e. The van der Waals surface area contributed by atoms with Gasteiger partial charge in [0.25, 0.3) is 0 Å². The topological polar surface area (TPSA) is 54.0 Å². The lowest BCUT2D eigenvalue weighted by molar-refractivity contribution is -0.119. The van der Waals surface area contributed by atoms with Gasteiger partial charge in [0.2, 0.25) is 5.91 Å². The molecule has 25 heavy (non-hydrogen) atoms. The van der Waals surface area contributed by atoms with Gasteiger partial charge in [-0.3, -0.25) is 4.79 Å². The summed E-state index contributed by atoms with van der Waals surface area (Å²) < 4.78 is 1.19. The number of amides is 1. The molecule has 0 radical (unpaired) electrons. The van der Waals surface area contributed by atoms with Crippen LogP contribution in [0.2, 0.25) is 0 Å². The van der Waals surface area contributed by atoms with E-state index in [1.165, 1.54) is 10.3 Å². The summed E-state index contributed by atoms with van der Waals surface area (Å²) in [5, 5.41) is 7.01. The van der Waals surface area contributed by atoms with Gasteiger partial charge in [-0.25, -0.2) is 4.98 Å². The van der Waals surface area contributed by atoms with Gasteiger partial charge in [0.05, 0.1) is 10.2 Å². The first kappa shape index (κ1) is 17.5. The summed E-state index contributed by atoms with van der Waals surface area (Å²) in [6, 6.07) is 14.2. The van der Waals surface area contributed by atoms with Gasteiger partial charge in [0.15, 0.2) is 5.11 Å². The standard InChI is InChI=1S/C19H19N3OS2/c1-3-4-17(23)22-19(24)20-14-8-6-13(7-9-14)18-21-15-10-5-12(2)11-16(15)25-18/h5-11H,3-4H2,1-2H3,(H2,20,22,23,24). The van der Waals surface area contributed by atoms with Crippen LogP contribution in [0.4, 0.5) is 5.69 Å². The molecule has 1 heterocycles. The number of benzene rings is 2. The predicted molar refractivity (Wildman–Crippen MR) is 109 cm³/mol. The fraction of sp³-hybridized carbons (Fsp3) is 0.211. The Kier molecular flexibility index (Phi) is 5.40. The first-order valence-electron chi connectivity index (χ1n) is 8.13. The second-order valence-corrected chi connectivity index (χ2v) is 7.26. The zero-order chi connectivity index (χ0) is 17.8. The van der Waals surface area contributed by atoms with Crippen molar-refractivity contribution in [3.63, 3.8) is 0 Å². The zero-order valence-corrected chi connectivity index (χ0v) is 15.8. The van der Waals surface area contributed by atoms with Gasteiger partial charge in [0.1, 0.15) is 5.01 Å². The highest BCUT2D eigenvalue weighted by Crippen LogP contribution is 2.31. The summed E-state index contributed by atoms with van der Waals surface area (Å²) in [6.07, 6.45) is 1.27. The Morgan fingerprint density at radius 1 is 1.20 bits per heavy atom. The Labute approximate surface area is 156 Å². The fourth-order valence-electron chi connectivity index (χ4n) is 2.43. The van der Waals surface area contributed by atoms with Crippen molar-refractivity contribution in [3.8, 4) is 10.6 Å². The normalized spacial score (nSPS) is 10.6. The largest absolute Gasteiger partial charge is 0.332 e. The van der Waals surface area contributed by atoms with Crippen LogP contribution in [0.15, 0.2) is 42.5 Å². The molecule has 2 N–H and O–H groups in total. The second-order valence-electron chi connectivity index (χ2n) is 5.82. The van der Waals surface area contributed by atoms with Crippen LogP contribution in [0, 0.1) is 6.92 Å². The van der Waals surface area contributed by atoms with E-state index in [2.05, 4.69) is 40.7 Å². The quantitative estimate of drug-likeness (QED) is 0.643. The van der Waals surface area contributed by atoms with E-state index in [0.29, 0.717) is 11.5 Å². The minimum Gasteiger partial charge on any atom is -0.332 e. The number of nitrogens with zero attached hydrogens (tertiary/aromatic N) is 1. The van der Waals surface area contributed by atoms with E-state index in [-0.39, 0.29) is 5.91 Å². The number of rotatable bonds is 4. The molecule has 3 aromatic rings. The average molecular weight is 370 g/mol. The van der Waals surface area contributed by atoms with Crippen molar-refractivity contribution in [1.82, 2.24) is 10.3 Å². The van der Waals surface area contributed by atoms with Crippen LogP contribution in [0.1, 0.15) is 25.3 Å². The molecule has 128 valence electrons. The minimum absolute atomic E-state index is 0.0682. The molecular weight excluding hydrogens is 350 g/mol. The number of aromatic nitrogens is 1. The van der Waals surface area contributed by atoms with Crippen molar-refractivity contribution in [3.05, 3.63) is 48.0 Å². The monoisotopic (exact) mass is 369 g/mol. The number of nitrogens with one attached hydrogen (secondary N) is 2. The van der Waals surface area contributed by atoms with Crippen LogP contribution in [0.3, 0.4) is 0 Å². The van der Waals surface area contributed by atoms with E-state index in [1.54, 1.807) is 11.3 Å². The third-order valence-electron chi connectivity index (χ3n) is 3.66. The van der Waals surface area contributed by atoms with E-state index in [9.17, 15) is 4.79 Å². The van der Waals surface area contributed by atoms with E-state index in [0.717, 1.165) is 28.2 Å². The molecule has 0 fully saturated rings. The molecule has 6 heteroatoms. The molecule has 1 amide bonds. The van der Waals surface area contributed by atoms with Crippen LogP contribution < -0.4 is 10.6 Å². The Bertz CT molecular complexity index is 916. The maximum absolute atomic E-state index is 11.5. The molecule has 0 aliphatic heterocycles. The number of anilines is 1. The molecule has 0 saturated heterocycles. The first-order valence-corrected chi connectivity index (χ1v) is 9.36. The molecule has 4 nitrogen and oxygen atoms in total. The van der Waals surface area contributed by atoms with Crippen LogP contribution in [0.5, 0.6) is 0 Å². The average Bonchev–Trinajstić information content (AvgIpc) is 2.98. The van der Waals surface area contributed by atoms with Crippen molar-refractivity contribution >= 4 is 50.5 Å². The van der Waals surface area contributed by atoms with Crippen molar-refractivity contribution in [2.75, 3.05) is 5.32 Å². The maximum Gasteiger partial charge on any atom is 0.226 e. The molecule has 1 aromatic heterocycles. The highest BCUT2D eigenvalue weighted by molar-refractivity contribution is 7.80. The maximum atomic E-state index is 11.5. The van der Waals surface area contributed by atoms with Crippen LogP contribution in [-0.4, -0.2) is 16.0 Å². The molecular formula is C19H19N3OS2. The van der Waals surface area contributed by atoms with Crippen LogP contribution in [-0.2, 0) is 4.79 Å². The summed E-state index contributed by atoms with van der Waals surface area (Å²) in [4.78, 5) is 16.2. The van der Waals surface area contributed by atoms with Gasteiger partial charge < -0.3 is 10.6 Å². The summed E-state index contributed by atoms with van der Waals surface area (Å²) in [5.41, 5.74) is 4.15. The Balaban J connectivity index is 1.71. The van der Waals surface area contributed by atoms with Crippen molar-refractivity contribution < 1.29 is 4.79 Å². The van der Waals surface area contributed by atoms with Crippen molar-refractivity contribution in [2.45, 2.75) is 26.7 Å². The van der Waals surface area contributed by atoms with Gasteiger partial charge in [-0.05, 0) is 67.5 Å². The summed E-state index contributed by atoms with van der Waals surface area (Å²) in [5.74, 6) is -0.0682. The van der Waals surface area contributed by atoms with Gasteiger partial charge >= 0.3 is 0 Å². The van der Waals surface area contributed by atoms with Gasteiger partial charge in [-0.1, -0.05) is 13.0 Å². The van der Waals surface area contributed by atoms with E-state index >= 15 is 0 Å². The van der Waals surface area contributed by atoms with E-state index in [1.807, 2.05) is 31.2 Å². The van der Waals surface area contributed by atoms with E-state index in [4.69, 9.17) is 12.2 Å². The third-order valence-corrected chi connectivity index (χ3v) is 4.94. The van der Waals surface area contributed by atoms with Gasteiger partial charge in [0, 0.05) is 17.7 Å². The summed E-state index contributed by atoms with van der Waals surface area (Å²) in [6.45, 7) is 4.04. The number of thiazole rings is 1. The number of thiocarbonyl (C=S) groups is 1. The predicted octanol–water partition coefficient (Wildman–Crippen LogP) is 4.88. The van der Waals surface area contributed by atoms with E-state index < -0.39 is 0 Å². The number of carbonyl (C=O) groups excluding carboxylic acids is 1. The van der Waals surface area contributed by atoms with Crippen molar-refractivity contribution in [1.29, 1.82) is 0 Å². The minimum atomic E-state index is -0.0682. The van der Waals surface area contributed by atoms with Crippen molar-refractivity contribution in [2.24, 2.45) is 0 Å². The molecule has 0 aliphatic rings. The Hall–Kier alpha value is -2.31. The number of fused-ring (bicyclic) bond motifs is 1. The lowest BCUT2D eigenvalue weighted by Crippen LogP contribution is -2.33. The lowest BCUT2D eigenvalue weighted by atomic mass is 10.2. The third kappa shape index (κ3) is 4.41. The highest BCUT2D eigenvalue weighted by Gasteiger charge is 2.07. The number of carbonyl (C=O) groups is 1. The molecule has 0 unspecified atom stereocenters. The lowest BCUT2D eigenvalue weighted by Gasteiger charge is -2.09. The molecule has 2 aromatic carbocycles. The molecule has 0 bridgehead atoms. The second kappa shape index (κ2) is 7.72. The first-order chi connectivity index (χ1) is 12.0. The zero-order valence-electron chi connectivity index (χ0n) is 14.1. The summed E-state index contributed by atoms with van der Waals surface area (Å²) in [7, 11) is 0.